The zero-order valence-corrected chi connectivity index (χ0v) is 17.7. The van der Waals surface area contributed by atoms with Crippen LogP contribution in [0.5, 0.6) is 0 Å². The summed E-state index contributed by atoms with van der Waals surface area (Å²) in [7, 11) is -3.70. The van der Waals surface area contributed by atoms with Crippen LogP contribution in [0, 0.1) is 12.7 Å². The highest BCUT2D eigenvalue weighted by Crippen LogP contribution is 2.26. The number of carbonyl (C=O) groups is 1. The van der Waals surface area contributed by atoms with Crippen LogP contribution in [-0.4, -0.2) is 29.4 Å². The van der Waals surface area contributed by atoms with Gasteiger partial charge in [0.05, 0.1) is 17.0 Å². The van der Waals surface area contributed by atoms with Crippen LogP contribution < -0.4 is 10.3 Å². The van der Waals surface area contributed by atoms with E-state index in [0.717, 1.165) is 24.8 Å². The Morgan fingerprint density at radius 2 is 1.90 bits per heavy atom. The summed E-state index contributed by atoms with van der Waals surface area (Å²) in [5, 5.41) is 3.74. The molecule has 1 aromatic heterocycles. The number of rotatable bonds is 6. The standard InChI is InChI=1S/C20H27FN4O3S/c1-13(2)25-12-16(11-22-25)15-9-14(3)19(21)18(10-15)20(26)23-24-29(27,28)17-7-5-4-6-8-17/h9-13,17,24H,4-8H2,1-3H3,(H,23,26). The lowest BCUT2D eigenvalue weighted by atomic mass is 10.0. The van der Waals surface area contributed by atoms with Crippen molar-refractivity contribution in [2.24, 2.45) is 0 Å². The van der Waals surface area contributed by atoms with Gasteiger partial charge in [-0.05, 0) is 56.9 Å². The summed E-state index contributed by atoms with van der Waals surface area (Å²) in [6.45, 7) is 5.54. The van der Waals surface area contributed by atoms with Crippen molar-refractivity contribution in [3.05, 3.63) is 41.5 Å². The molecule has 3 rings (SSSR count). The fourth-order valence-electron chi connectivity index (χ4n) is 3.51. The lowest BCUT2D eigenvalue weighted by Gasteiger charge is -2.22. The Morgan fingerprint density at radius 1 is 1.21 bits per heavy atom. The molecule has 2 N–H and O–H groups in total. The maximum Gasteiger partial charge on any atom is 0.269 e. The molecule has 1 heterocycles. The number of hydrogen-bond acceptors (Lipinski definition) is 4. The van der Waals surface area contributed by atoms with E-state index in [0.29, 0.717) is 24.0 Å². The third kappa shape index (κ3) is 4.84. The molecular formula is C20H27FN4O3S. The molecule has 1 saturated carbocycles. The first kappa shape index (κ1) is 21.4. The number of hydrogen-bond donors (Lipinski definition) is 2. The quantitative estimate of drug-likeness (QED) is 0.697. The molecule has 2 aromatic rings. The van der Waals surface area contributed by atoms with Crippen LogP contribution in [0.25, 0.3) is 11.1 Å². The molecule has 0 unspecified atom stereocenters. The molecule has 0 saturated heterocycles. The normalized spacial score (nSPS) is 15.6. The van der Waals surface area contributed by atoms with Gasteiger partial charge in [-0.1, -0.05) is 19.3 Å². The molecule has 1 aliphatic rings. The minimum absolute atomic E-state index is 0.169. The van der Waals surface area contributed by atoms with E-state index in [1.807, 2.05) is 20.0 Å². The SMILES string of the molecule is Cc1cc(-c2cnn(C(C)C)c2)cc(C(=O)NNS(=O)(=O)C2CCCCC2)c1F. The van der Waals surface area contributed by atoms with Gasteiger partial charge in [-0.3, -0.25) is 14.9 Å². The highest BCUT2D eigenvalue weighted by Gasteiger charge is 2.28. The van der Waals surface area contributed by atoms with Gasteiger partial charge in [0.2, 0.25) is 10.0 Å². The zero-order valence-electron chi connectivity index (χ0n) is 16.9. The molecule has 1 amide bonds. The zero-order chi connectivity index (χ0) is 21.2. The highest BCUT2D eigenvalue weighted by molar-refractivity contribution is 7.90. The number of carbonyl (C=O) groups excluding carboxylic acids is 1. The van der Waals surface area contributed by atoms with E-state index in [9.17, 15) is 17.6 Å². The van der Waals surface area contributed by atoms with E-state index in [-0.39, 0.29) is 11.6 Å². The van der Waals surface area contributed by atoms with Crippen molar-refractivity contribution < 1.29 is 17.6 Å². The predicted octanol–water partition coefficient (Wildman–Crippen LogP) is 3.48. The van der Waals surface area contributed by atoms with Gasteiger partial charge in [0, 0.05) is 17.8 Å². The van der Waals surface area contributed by atoms with Crippen molar-refractivity contribution in [2.45, 2.75) is 64.2 Å². The molecule has 7 nitrogen and oxygen atoms in total. The molecule has 0 radical (unpaired) electrons. The van der Waals surface area contributed by atoms with E-state index in [1.165, 1.54) is 6.07 Å². The molecule has 29 heavy (non-hydrogen) atoms. The number of sulfonamides is 1. The van der Waals surface area contributed by atoms with Gasteiger partial charge in [-0.15, -0.1) is 4.83 Å². The van der Waals surface area contributed by atoms with Crippen LogP contribution >= 0.6 is 0 Å². The van der Waals surface area contributed by atoms with Crippen molar-refractivity contribution in [2.75, 3.05) is 0 Å². The van der Waals surface area contributed by atoms with Crippen molar-refractivity contribution >= 4 is 15.9 Å². The molecule has 1 aliphatic carbocycles. The van der Waals surface area contributed by atoms with E-state index in [4.69, 9.17) is 0 Å². The number of halogens is 1. The van der Waals surface area contributed by atoms with Crippen LogP contribution in [0.1, 0.15) is 67.9 Å². The molecule has 158 valence electrons. The second-order valence-electron chi connectivity index (χ2n) is 7.82. The van der Waals surface area contributed by atoms with Gasteiger partial charge in [0.15, 0.2) is 0 Å². The van der Waals surface area contributed by atoms with Gasteiger partial charge >= 0.3 is 0 Å². The smallest absolute Gasteiger partial charge is 0.269 e. The molecule has 0 atom stereocenters. The van der Waals surface area contributed by atoms with E-state index < -0.39 is 27.0 Å². The Balaban J connectivity index is 1.80. The van der Waals surface area contributed by atoms with Crippen molar-refractivity contribution in [1.29, 1.82) is 0 Å². The number of nitrogens with zero attached hydrogens (tertiary/aromatic N) is 2. The maximum absolute atomic E-state index is 14.6. The van der Waals surface area contributed by atoms with Crippen LogP contribution in [0.15, 0.2) is 24.5 Å². The average Bonchev–Trinajstić information content (AvgIpc) is 3.19. The average molecular weight is 423 g/mol. The summed E-state index contributed by atoms with van der Waals surface area (Å²) in [6.07, 6.45) is 7.31. The van der Waals surface area contributed by atoms with Crippen LogP contribution in [0.2, 0.25) is 0 Å². The van der Waals surface area contributed by atoms with Crippen molar-refractivity contribution in [1.82, 2.24) is 20.0 Å². The van der Waals surface area contributed by atoms with Gasteiger partial charge in [0.25, 0.3) is 5.91 Å². The lowest BCUT2D eigenvalue weighted by molar-refractivity contribution is 0.0940. The van der Waals surface area contributed by atoms with E-state index >= 15 is 0 Å². The fraction of sp³-hybridized carbons (Fsp3) is 0.500. The fourth-order valence-corrected chi connectivity index (χ4v) is 4.87. The van der Waals surface area contributed by atoms with Gasteiger partial charge in [0.1, 0.15) is 5.82 Å². The Labute approximate surface area is 170 Å². The Hall–Kier alpha value is -2.26. The number of aryl methyl sites for hydroxylation is 1. The Kier molecular flexibility index (Phi) is 6.38. The lowest BCUT2D eigenvalue weighted by Crippen LogP contribution is -2.46. The summed E-state index contributed by atoms with van der Waals surface area (Å²) in [5.41, 5.74) is 3.63. The minimum atomic E-state index is -3.70. The minimum Gasteiger partial charge on any atom is -0.274 e. The van der Waals surface area contributed by atoms with Crippen LogP contribution in [-0.2, 0) is 10.0 Å². The molecule has 1 fully saturated rings. The largest absolute Gasteiger partial charge is 0.274 e. The highest BCUT2D eigenvalue weighted by atomic mass is 32.2. The summed E-state index contributed by atoms with van der Waals surface area (Å²) in [4.78, 5) is 14.7. The van der Waals surface area contributed by atoms with Crippen LogP contribution in [0.4, 0.5) is 4.39 Å². The molecular weight excluding hydrogens is 395 g/mol. The molecule has 9 heteroatoms. The first-order valence-electron chi connectivity index (χ1n) is 9.84. The summed E-state index contributed by atoms with van der Waals surface area (Å²) in [5.74, 6) is -1.51. The third-order valence-electron chi connectivity index (χ3n) is 5.26. The first-order valence-corrected chi connectivity index (χ1v) is 11.4. The second kappa shape index (κ2) is 8.62. The maximum atomic E-state index is 14.6. The second-order valence-corrected chi connectivity index (χ2v) is 9.78. The number of aromatic nitrogens is 2. The number of benzene rings is 1. The summed E-state index contributed by atoms with van der Waals surface area (Å²) < 4.78 is 41.2. The van der Waals surface area contributed by atoms with E-state index in [1.54, 1.807) is 23.9 Å². The topological polar surface area (TPSA) is 93.1 Å². The number of hydrazine groups is 1. The molecule has 0 aliphatic heterocycles. The Morgan fingerprint density at radius 3 is 2.52 bits per heavy atom. The monoisotopic (exact) mass is 422 g/mol. The van der Waals surface area contributed by atoms with Gasteiger partial charge < -0.3 is 0 Å². The number of nitrogens with one attached hydrogen (secondary N) is 2. The van der Waals surface area contributed by atoms with Gasteiger partial charge in [-0.2, -0.15) is 5.10 Å². The number of amides is 1. The van der Waals surface area contributed by atoms with Crippen molar-refractivity contribution in [3.63, 3.8) is 0 Å². The van der Waals surface area contributed by atoms with Crippen molar-refractivity contribution in [3.8, 4) is 11.1 Å². The summed E-state index contributed by atoms with van der Waals surface area (Å²) in [6, 6.07) is 3.22. The predicted molar refractivity (Wildman–Crippen MR) is 109 cm³/mol. The Bertz CT molecular complexity index is 995. The molecule has 0 bridgehead atoms. The van der Waals surface area contributed by atoms with Crippen LogP contribution in [0.3, 0.4) is 0 Å². The summed E-state index contributed by atoms with van der Waals surface area (Å²) >= 11 is 0. The first-order chi connectivity index (χ1) is 13.7. The third-order valence-corrected chi connectivity index (χ3v) is 7.00. The molecule has 0 spiro atoms. The van der Waals surface area contributed by atoms with Gasteiger partial charge in [-0.25, -0.2) is 12.8 Å². The van der Waals surface area contributed by atoms with E-state index in [2.05, 4.69) is 15.4 Å². The molecule has 1 aromatic carbocycles.